The van der Waals surface area contributed by atoms with Crippen molar-refractivity contribution in [3.05, 3.63) is 53.5 Å². The highest BCUT2D eigenvalue weighted by atomic mass is 15.2. The van der Waals surface area contributed by atoms with Crippen molar-refractivity contribution in [1.82, 2.24) is 9.97 Å². The molecule has 1 aromatic heterocycles. The van der Waals surface area contributed by atoms with E-state index in [1.807, 2.05) is 6.07 Å². The highest BCUT2D eigenvalue weighted by Gasteiger charge is 2.24. The fourth-order valence-electron chi connectivity index (χ4n) is 2.61. The average Bonchev–Trinajstić information content (AvgIpc) is 2.48. The van der Waals surface area contributed by atoms with Crippen LogP contribution in [0.25, 0.3) is 0 Å². The number of anilines is 1. The molecule has 4 heteroatoms. The minimum absolute atomic E-state index is 0.284. The lowest BCUT2D eigenvalue weighted by Gasteiger charge is -2.35. The summed E-state index contributed by atoms with van der Waals surface area (Å²) in [5.41, 5.74) is 3.11. The molecule has 0 radical (unpaired) electrons. The molecule has 4 nitrogen and oxygen atoms in total. The van der Waals surface area contributed by atoms with Crippen LogP contribution in [0, 0.1) is 11.3 Å². The third-order valence-electron chi connectivity index (χ3n) is 3.64. The Morgan fingerprint density at radius 3 is 2.84 bits per heavy atom. The molecule has 2 heterocycles. The van der Waals surface area contributed by atoms with E-state index in [1.54, 1.807) is 6.20 Å². The van der Waals surface area contributed by atoms with E-state index in [4.69, 9.17) is 5.26 Å². The molecule has 0 spiro atoms. The fraction of sp³-hybridized carbons (Fsp3) is 0.267. The van der Waals surface area contributed by atoms with E-state index in [-0.39, 0.29) is 6.04 Å². The molecule has 2 aromatic rings. The molecule has 0 saturated heterocycles. The molecule has 1 atom stereocenters. The molecule has 1 aromatic carbocycles. The molecular formula is C15H14N4. The maximum atomic E-state index is 8.75. The summed E-state index contributed by atoms with van der Waals surface area (Å²) >= 11 is 0. The SMILES string of the molecule is CC1c2ccccc2CCN1c1cnc(C#N)cn1. The first-order chi connectivity index (χ1) is 9.29. The predicted octanol–water partition coefficient (Wildman–Crippen LogP) is 2.47. The Morgan fingerprint density at radius 2 is 2.11 bits per heavy atom. The smallest absolute Gasteiger partial charge is 0.158 e. The highest BCUT2D eigenvalue weighted by Crippen LogP contribution is 2.31. The normalized spacial score (nSPS) is 17.7. The van der Waals surface area contributed by atoms with Crippen LogP contribution >= 0.6 is 0 Å². The van der Waals surface area contributed by atoms with Gasteiger partial charge in [-0.2, -0.15) is 5.26 Å². The van der Waals surface area contributed by atoms with Crippen molar-refractivity contribution in [2.45, 2.75) is 19.4 Å². The minimum atomic E-state index is 0.284. The van der Waals surface area contributed by atoms with Crippen molar-refractivity contribution in [2.75, 3.05) is 11.4 Å². The summed E-state index contributed by atoms with van der Waals surface area (Å²) < 4.78 is 0. The van der Waals surface area contributed by atoms with Gasteiger partial charge < -0.3 is 4.90 Å². The van der Waals surface area contributed by atoms with Crippen LogP contribution in [0.4, 0.5) is 5.82 Å². The third kappa shape index (κ3) is 2.04. The molecule has 19 heavy (non-hydrogen) atoms. The molecule has 0 fully saturated rings. The molecule has 0 saturated carbocycles. The van der Waals surface area contributed by atoms with Gasteiger partial charge in [0.25, 0.3) is 0 Å². The summed E-state index contributed by atoms with van der Waals surface area (Å²) in [5, 5.41) is 8.75. The van der Waals surface area contributed by atoms with Gasteiger partial charge in [0.2, 0.25) is 0 Å². The van der Waals surface area contributed by atoms with Crippen LogP contribution < -0.4 is 4.90 Å². The Bertz CT molecular complexity index is 627. The lowest BCUT2D eigenvalue weighted by atomic mass is 9.94. The summed E-state index contributed by atoms with van der Waals surface area (Å²) in [6, 6.07) is 10.8. The number of fused-ring (bicyclic) bond motifs is 1. The Kier molecular flexibility index (Phi) is 2.88. The van der Waals surface area contributed by atoms with E-state index >= 15 is 0 Å². The van der Waals surface area contributed by atoms with Crippen LogP contribution in [0.3, 0.4) is 0 Å². The number of nitriles is 1. The molecule has 1 unspecified atom stereocenters. The van der Waals surface area contributed by atoms with Crippen LogP contribution in [-0.4, -0.2) is 16.5 Å². The zero-order valence-corrected chi connectivity index (χ0v) is 10.7. The number of rotatable bonds is 1. The summed E-state index contributed by atoms with van der Waals surface area (Å²) in [5.74, 6) is 0.834. The Morgan fingerprint density at radius 1 is 1.26 bits per heavy atom. The number of nitrogens with zero attached hydrogens (tertiary/aromatic N) is 4. The first kappa shape index (κ1) is 11.7. The van der Waals surface area contributed by atoms with Gasteiger partial charge in [-0.05, 0) is 24.5 Å². The Hall–Kier alpha value is -2.41. The van der Waals surface area contributed by atoms with Gasteiger partial charge >= 0.3 is 0 Å². The van der Waals surface area contributed by atoms with Gasteiger partial charge in [-0.25, -0.2) is 9.97 Å². The molecule has 1 aliphatic heterocycles. The Labute approximate surface area is 112 Å². The first-order valence-electron chi connectivity index (χ1n) is 6.36. The van der Waals surface area contributed by atoms with E-state index < -0.39 is 0 Å². The standard InChI is InChI=1S/C15H14N4/c1-11-14-5-3-2-4-12(14)6-7-19(11)15-10-17-13(8-16)9-18-15/h2-5,9-11H,6-7H2,1H3. The summed E-state index contributed by atoms with van der Waals surface area (Å²) in [4.78, 5) is 10.7. The molecular weight excluding hydrogens is 236 g/mol. The van der Waals surface area contributed by atoms with Crippen molar-refractivity contribution >= 4 is 5.82 Å². The van der Waals surface area contributed by atoms with E-state index in [0.29, 0.717) is 5.69 Å². The van der Waals surface area contributed by atoms with Crippen molar-refractivity contribution in [3.63, 3.8) is 0 Å². The number of hydrogen-bond acceptors (Lipinski definition) is 4. The summed E-state index contributed by atoms with van der Waals surface area (Å²) in [7, 11) is 0. The predicted molar refractivity (Wildman–Crippen MR) is 72.7 cm³/mol. The van der Waals surface area contributed by atoms with Gasteiger partial charge in [0.05, 0.1) is 18.4 Å². The molecule has 0 amide bonds. The van der Waals surface area contributed by atoms with Crippen LogP contribution in [0.15, 0.2) is 36.7 Å². The maximum Gasteiger partial charge on any atom is 0.158 e. The van der Waals surface area contributed by atoms with Gasteiger partial charge in [0.1, 0.15) is 11.9 Å². The van der Waals surface area contributed by atoms with E-state index in [0.717, 1.165) is 18.8 Å². The molecule has 0 bridgehead atoms. The summed E-state index contributed by atoms with van der Waals surface area (Å²) in [6.07, 6.45) is 4.23. The van der Waals surface area contributed by atoms with Gasteiger partial charge in [-0.1, -0.05) is 24.3 Å². The molecule has 94 valence electrons. The van der Waals surface area contributed by atoms with E-state index in [1.165, 1.54) is 17.3 Å². The van der Waals surface area contributed by atoms with Crippen molar-refractivity contribution in [1.29, 1.82) is 5.26 Å². The minimum Gasteiger partial charge on any atom is -0.348 e. The van der Waals surface area contributed by atoms with Gasteiger partial charge in [0.15, 0.2) is 5.69 Å². The molecule has 1 aliphatic rings. The van der Waals surface area contributed by atoms with Crippen LogP contribution in [-0.2, 0) is 6.42 Å². The van der Waals surface area contributed by atoms with Gasteiger partial charge in [0, 0.05) is 6.54 Å². The Balaban J connectivity index is 1.93. The highest BCUT2D eigenvalue weighted by molar-refractivity contribution is 5.46. The largest absolute Gasteiger partial charge is 0.348 e. The van der Waals surface area contributed by atoms with Crippen molar-refractivity contribution in [2.24, 2.45) is 0 Å². The number of hydrogen-bond donors (Lipinski definition) is 0. The topological polar surface area (TPSA) is 52.8 Å². The number of aromatic nitrogens is 2. The third-order valence-corrected chi connectivity index (χ3v) is 3.64. The van der Waals surface area contributed by atoms with Crippen LogP contribution in [0.5, 0.6) is 0 Å². The van der Waals surface area contributed by atoms with Gasteiger partial charge in [-0.15, -0.1) is 0 Å². The second-order valence-electron chi connectivity index (χ2n) is 4.69. The monoisotopic (exact) mass is 250 g/mol. The molecule has 3 rings (SSSR count). The zero-order chi connectivity index (χ0) is 13.2. The second-order valence-corrected chi connectivity index (χ2v) is 4.69. The fourth-order valence-corrected chi connectivity index (χ4v) is 2.61. The summed E-state index contributed by atoms with van der Waals surface area (Å²) in [6.45, 7) is 3.11. The average molecular weight is 250 g/mol. The lowest BCUT2D eigenvalue weighted by Crippen LogP contribution is -2.34. The van der Waals surface area contributed by atoms with E-state index in [9.17, 15) is 0 Å². The molecule has 0 aliphatic carbocycles. The van der Waals surface area contributed by atoms with Crippen LogP contribution in [0.1, 0.15) is 29.8 Å². The first-order valence-corrected chi connectivity index (χ1v) is 6.36. The second kappa shape index (κ2) is 4.69. The van der Waals surface area contributed by atoms with Gasteiger partial charge in [-0.3, -0.25) is 0 Å². The lowest BCUT2D eigenvalue weighted by molar-refractivity contribution is 0.615. The quantitative estimate of drug-likeness (QED) is 0.780. The van der Waals surface area contributed by atoms with Crippen molar-refractivity contribution in [3.8, 4) is 6.07 Å². The zero-order valence-electron chi connectivity index (χ0n) is 10.7. The van der Waals surface area contributed by atoms with E-state index in [2.05, 4.69) is 46.1 Å². The van der Waals surface area contributed by atoms with Crippen molar-refractivity contribution < 1.29 is 0 Å². The number of benzene rings is 1. The maximum absolute atomic E-state index is 8.75. The van der Waals surface area contributed by atoms with Crippen LogP contribution in [0.2, 0.25) is 0 Å². The molecule has 0 N–H and O–H groups in total.